The van der Waals surface area contributed by atoms with Crippen molar-refractivity contribution in [3.63, 3.8) is 0 Å². The van der Waals surface area contributed by atoms with Crippen LogP contribution in [0.4, 0.5) is 18.9 Å². The summed E-state index contributed by atoms with van der Waals surface area (Å²) in [6.45, 7) is 0. The number of anilines is 1. The molecule has 0 aliphatic carbocycles. The molecular formula is C10H6ClF3N4O. The number of nitrogens with one attached hydrogen (secondary N) is 2. The Morgan fingerprint density at radius 2 is 2.11 bits per heavy atom. The van der Waals surface area contributed by atoms with Crippen molar-refractivity contribution in [3.8, 4) is 0 Å². The van der Waals surface area contributed by atoms with E-state index in [1.165, 1.54) is 6.07 Å². The minimum Gasteiger partial charge on any atom is -0.319 e. The second-order valence-corrected chi connectivity index (χ2v) is 3.89. The van der Waals surface area contributed by atoms with Gasteiger partial charge in [-0.3, -0.25) is 9.89 Å². The Hall–Kier alpha value is -2.09. The van der Waals surface area contributed by atoms with Gasteiger partial charge in [-0.05, 0) is 18.2 Å². The van der Waals surface area contributed by atoms with Gasteiger partial charge in [0.05, 0.1) is 10.6 Å². The quantitative estimate of drug-likeness (QED) is 0.893. The SMILES string of the molecule is O=C(Nc1ccc(Cl)c(C(F)(F)F)c1)c1ncn[nH]1. The number of halogens is 4. The Morgan fingerprint density at radius 3 is 2.68 bits per heavy atom. The lowest BCUT2D eigenvalue weighted by molar-refractivity contribution is -0.137. The minimum absolute atomic E-state index is 0.0434. The molecule has 1 aromatic carbocycles. The van der Waals surface area contributed by atoms with E-state index in [9.17, 15) is 18.0 Å². The molecule has 2 aromatic rings. The second-order valence-electron chi connectivity index (χ2n) is 3.48. The number of hydrogen-bond acceptors (Lipinski definition) is 3. The summed E-state index contributed by atoms with van der Waals surface area (Å²) in [4.78, 5) is 15.1. The van der Waals surface area contributed by atoms with Crippen LogP contribution in [0.3, 0.4) is 0 Å². The minimum atomic E-state index is -4.59. The fourth-order valence-electron chi connectivity index (χ4n) is 1.33. The van der Waals surface area contributed by atoms with Gasteiger partial charge < -0.3 is 5.32 Å². The lowest BCUT2D eigenvalue weighted by Crippen LogP contribution is -2.15. The lowest BCUT2D eigenvalue weighted by Gasteiger charge is -2.11. The van der Waals surface area contributed by atoms with Crippen LogP contribution in [-0.2, 0) is 6.18 Å². The normalized spacial score (nSPS) is 11.4. The zero-order valence-corrected chi connectivity index (χ0v) is 9.88. The molecule has 0 saturated heterocycles. The first-order valence-corrected chi connectivity index (χ1v) is 5.29. The monoisotopic (exact) mass is 290 g/mol. The molecule has 1 amide bonds. The van der Waals surface area contributed by atoms with Crippen molar-refractivity contribution in [2.75, 3.05) is 5.32 Å². The molecule has 1 aromatic heterocycles. The van der Waals surface area contributed by atoms with E-state index in [1.807, 2.05) is 0 Å². The third kappa shape index (κ3) is 3.02. The van der Waals surface area contributed by atoms with Gasteiger partial charge in [0.2, 0.25) is 5.82 Å². The maximum atomic E-state index is 12.6. The Labute approximate surface area is 109 Å². The van der Waals surface area contributed by atoms with Crippen molar-refractivity contribution >= 4 is 23.2 Å². The predicted molar refractivity (Wildman–Crippen MR) is 60.8 cm³/mol. The Bertz CT molecular complexity index is 597. The highest BCUT2D eigenvalue weighted by atomic mass is 35.5. The summed E-state index contributed by atoms with van der Waals surface area (Å²) in [5, 5.41) is 7.56. The maximum Gasteiger partial charge on any atom is 0.417 e. The number of carbonyl (C=O) groups excluding carboxylic acids is 1. The highest BCUT2D eigenvalue weighted by Gasteiger charge is 2.33. The first-order chi connectivity index (χ1) is 8.88. The van der Waals surface area contributed by atoms with Gasteiger partial charge in [0.1, 0.15) is 6.33 Å². The Kier molecular flexibility index (Phi) is 3.43. The first kappa shape index (κ1) is 13.3. The summed E-state index contributed by atoms with van der Waals surface area (Å²) in [6, 6.07) is 3.06. The number of aromatic nitrogens is 3. The zero-order chi connectivity index (χ0) is 14.0. The summed E-state index contributed by atoms with van der Waals surface area (Å²) in [7, 11) is 0. The van der Waals surface area contributed by atoms with Crippen LogP contribution in [0.5, 0.6) is 0 Å². The summed E-state index contributed by atoms with van der Waals surface area (Å²) in [5.41, 5.74) is -1.07. The number of aromatic amines is 1. The number of alkyl halides is 3. The highest BCUT2D eigenvalue weighted by Crippen LogP contribution is 2.36. The van der Waals surface area contributed by atoms with Crippen LogP contribution in [-0.4, -0.2) is 21.1 Å². The Morgan fingerprint density at radius 1 is 1.37 bits per heavy atom. The zero-order valence-electron chi connectivity index (χ0n) is 9.12. The van der Waals surface area contributed by atoms with Gasteiger partial charge in [-0.1, -0.05) is 11.6 Å². The molecule has 0 spiro atoms. The number of rotatable bonds is 2. The highest BCUT2D eigenvalue weighted by molar-refractivity contribution is 6.31. The van der Waals surface area contributed by atoms with Crippen LogP contribution >= 0.6 is 11.6 Å². The molecule has 5 nitrogen and oxygen atoms in total. The molecular weight excluding hydrogens is 285 g/mol. The number of carbonyl (C=O) groups is 1. The van der Waals surface area contributed by atoms with Crippen LogP contribution in [0, 0.1) is 0 Å². The second kappa shape index (κ2) is 4.88. The maximum absolute atomic E-state index is 12.6. The Balaban J connectivity index is 2.25. The van der Waals surface area contributed by atoms with E-state index in [1.54, 1.807) is 0 Å². The molecule has 0 aliphatic rings. The lowest BCUT2D eigenvalue weighted by atomic mass is 10.2. The molecule has 9 heteroatoms. The van der Waals surface area contributed by atoms with Crippen molar-refractivity contribution < 1.29 is 18.0 Å². The van der Waals surface area contributed by atoms with Crippen LogP contribution in [0.1, 0.15) is 16.2 Å². The molecule has 0 saturated carbocycles. The molecule has 100 valence electrons. The molecule has 19 heavy (non-hydrogen) atoms. The van der Waals surface area contributed by atoms with Crippen LogP contribution in [0.2, 0.25) is 5.02 Å². The van der Waals surface area contributed by atoms with Gasteiger partial charge in [-0.2, -0.15) is 18.3 Å². The topological polar surface area (TPSA) is 70.7 Å². The number of amides is 1. The summed E-state index contributed by atoms with van der Waals surface area (Å²) in [6.07, 6.45) is -3.48. The standard InChI is InChI=1S/C10H6ClF3N4O/c11-7-2-1-5(3-6(7)10(12,13)14)17-9(19)8-15-4-16-18-8/h1-4H,(H,17,19)(H,15,16,18). The van der Waals surface area contributed by atoms with Gasteiger partial charge in [0, 0.05) is 5.69 Å². The van der Waals surface area contributed by atoms with Crippen molar-refractivity contribution in [3.05, 3.63) is 40.9 Å². The van der Waals surface area contributed by atoms with Gasteiger partial charge >= 0.3 is 6.18 Å². The fourth-order valence-corrected chi connectivity index (χ4v) is 1.55. The summed E-state index contributed by atoms with van der Waals surface area (Å²) >= 11 is 5.46. The van der Waals surface area contributed by atoms with Gasteiger partial charge in [-0.25, -0.2) is 4.98 Å². The van der Waals surface area contributed by atoms with Crippen molar-refractivity contribution in [1.82, 2.24) is 15.2 Å². The molecule has 0 aliphatic heterocycles. The molecule has 0 fully saturated rings. The number of nitrogens with zero attached hydrogens (tertiary/aromatic N) is 2. The van der Waals surface area contributed by atoms with Gasteiger partial charge in [0.25, 0.3) is 5.91 Å². The molecule has 0 atom stereocenters. The molecule has 1 heterocycles. The van der Waals surface area contributed by atoms with Crippen LogP contribution in [0.15, 0.2) is 24.5 Å². The average Bonchev–Trinajstić information content (AvgIpc) is 2.83. The fraction of sp³-hybridized carbons (Fsp3) is 0.100. The van der Waals surface area contributed by atoms with Gasteiger partial charge in [-0.15, -0.1) is 0 Å². The van der Waals surface area contributed by atoms with E-state index < -0.39 is 22.7 Å². The smallest absolute Gasteiger partial charge is 0.319 e. The van der Waals surface area contributed by atoms with E-state index in [-0.39, 0.29) is 11.5 Å². The van der Waals surface area contributed by atoms with Gasteiger partial charge in [0.15, 0.2) is 0 Å². The van der Waals surface area contributed by atoms with Crippen LogP contribution in [0.25, 0.3) is 0 Å². The summed E-state index contributed by atoms with van der Waals surface area (Å²) < 4.78 is 37.8. The third-order valence-corrected chi connectivity index (χ3v) is 2.49. The molecule has 2 N–H and O–H groups in total. The number of H-pyrrole nitrogens is 1. The number of benzene rings is 1. The largest absolute Gasteiger partial charge is 0.417 e. The predicted octanol–water partition coefficient (Wildman–Crippen LogP) is 2.73. The van der Waals surface area contributed by atoms with Crippen molar-refractivity contribution in [2.24, 2.45) is 0 Å². The molecule has 2 rings (SSSR count). The molecule has 0 unspecified atom stereocenters. The van der Waals surface area contributed by atoms with E-state index in [2.05, 4.69) is 20.5 Å². The first-order valence-electron chi connectivity index (χ1n) is 4.91. The number of hydrogen-bond donors (Lipinski definition) is 2. The van der Waals surface area contributed by atoms with Crippen molar-refractivity contribution in [2.45, 2.75) is 6.18 Å². The van der Waals surface area contributed by atoms with E-state index >= 15 is 0 Å². The van der Waals surface area contributed by atoms with E-state index in [0.29, 0.717) is 0 Å². The summed E-state index contributed by atoms with van der Waals surface area (Å²) in [5.74, 6) is -0.809. The molecule has 0 bridgehead atoms. The van der Waals surface area contributed by atoms with E-state index in [4.69, 9.17) is 11.6 Å². The van der Waals surface area contributed by atoms with E-state index in [0.717, 1.165) is 18.5 Å². The third-order valence-electron chi connectivity index (χ3n) is 2.16. The molecule has 0 radical (unpaired) electrons. The van der Waals surface area contributed by atoms with Crippen molar-refractivity contribution in [1.29, 1.82) is 0 Å². The van der Waals surface area contributed by atoms with Crippen LogP contribution < -0.4 is 5.32 Å². The average molecular weight is 291 g/mol.